The monoisotopic (exact) mass is 451 g/mol. The van der Waals surface area contributed by atoms with E-state index in [9.17, 15) is 9.18 Å². The minimum absolute atomic E-state index is 0.299. The second-order valence-electron chi connectivity index (χ2n) is 9.35. The van der Waals surface area contributed by atoms with Gasteiger partial charge >= 0.3 is 6.09 Å². The van der Waals surface area contributed by atoms with Crippen molar-refractivity contribution in [3.8, 4) is 0 Å². The molecule has 6 nitrogen and oxygen atoms in total. The fourth-order valence-corrected chi connectivity index (χ4v) is 5.08. The fraction of sp³-hybridized carbons (Fsp3) is 0.462. The van der Waals surface area contributed by atoms with Crippen molar-refractivity contribution in [1.29, 1.82) is 0 Å². The van der Waals surface area contributed by atoms with Crippen LogP contribution < -0.4 is 4.90 Å². The molecule has 2 aromatic carbocycles. The Labute approximate surface area is 193 Å². The van der Waals surface area contributed by atoms with E-state index in [4.69, 9.17) is 9.26 Å². The Hall–Kier alpha value is -2.93. The smallest absolute Gasteiger partial charge is 0.414 e. The van der Waals surface area contributed by atoms with Crippen LogP contribution in [0, 0.1) is 17.7 Å². The summed E-state index contributed by atoms with van der Waals surface area (Å²) >= 11 is 0. The van der Waals surface area contributed by atoms with Crippen molar-refractivity contribution >= 4 is 22.7 Å². The summed E-state index contributed by atoms with van der Waals surface area (Å²) in [5.41, 5.74) is 2.32. The summed E-state index contributed by atoms with van der Waals surface area (Å²) in [5, 5.41) is 5.18. The number of aromatic nitrogens is 1. The Bertz CT molecular complexity index is 1090. The van der Waals surface area contributed by atoms with Crippen LogP contribution >= 0.6 is 0 Å². The summed E-state index contributed by atoms with van der Waals surface area (Å²) in [4.78, 5) is 16.5. The van der Waals surface area contributed by atoms with Crippen LogP contribution in [0.3, 0.4) is 0 Å². The molecule has 2 atom stereocenters. The van der Waals surface area contributed by atoms with Crippen molar-refractivity contribution in [2.45, 2.75) is 31.6 Å². The molecular formula is C26H30FN3O3. The molecule has 1 amide bonds. The number of carbonyl (C=O) groups excluding carboxylic acids is 1. The number of amides is 1. The van der Waals surface area contributed by atoms with E-state index in [1.54, 1.807) is 18.0 Å². The molecule has 7 heteroatoms. The number of fused-ring (bicyclic) bond motifs is 1. The van der Waals surface area contributed by atoms with Gasteiger partial charge in [0.25, 0.3) is 0 Å². The van der Waals surface area contributed by atoms with Gasteiger partial charge in [0.05, 0.1) is 12.3 Å². The SMILES string of the molecule is CN(C(=O)OCC1CCC1CN1CCC(c2noc3cc(F)ccc23)CC1)c1ccccc1. The molecule has 1 saturated heterocycles. The van der Waals surface area contributed by atoms with Crippen LogP contribution in [0.4, 0.5) is 14.9 Å². The van der Waals surface area contributed by atoms with Crippen molar-refractivity contribution < 1.29 is 18.4 Å². The maximum absolute atomic E-state index is 13.4. The molecule has 0 spiro atoms. The van der Waals surface area contributed by atoms with E-state index in [1.807, 2.05) is 30.3 Å². The molecule has 0 bridgehead atoms. The predicted molar refractivity (Wildman–Crippen MR) is 125 cm³/mol. The largest absolute Gasteiger partial charge is 0.449 e. The number of halogens is 1. The van der Waals surface area contributed by atoms with E-state index in [0.717, 1.165) is 55.7 Å². The Balaban J connectivity index is 1.08. The van der Waals surface area contributed by atoms with Gasteiger partial charge in [-0.15, -0.1) is 0 Å². The molecular weight excluding hydrogens is 421 g/mol. The molecule has 1 aliphatic heterocycles. The van der Waals surface area contributed by atoms with Gasteiger partial charge in [0.2, 0.25) is 0 Å². The van der Waals surface area contributed by atoms with Gasteiger partial charge in [-0.3, -0.25) is 4.90 Å². The number of piperidine rings is 1. The van der Waals surface area contributed by atoms with Crippen molar-refractivity contribution in [3.05, 3.63) is 60.0 Å². The Morgan fingerprint density at radius 1 is 1.12 bits per heavy atom. The van der Waals surface area contributed by atoms with E-state index in [1.165, 1.54) is 18.6 Å². The lowest BCUT2D eigenvalue weighted by molar-refractivity contribution is 0.0411. The number of rotatable bonds is 6. The van der Waals surface area contributed by atoms with Crippen molar-refractivity contribution in [1.82, 2.24) is 10.1 Å². The predicted octanol–water partition coefficient (Wildman–Crippen LogP) is 5.45. The number of hydrogen-bond donors (Lipinski definition) is 0. The van der Waals surface area contributed by atoms with Crippen molar-refractivity contribution in [3.63, 3.8) is 0 Å². The lowest BCUT2D eigenvalue weighted by Gasteiger charge is -2.41. The number of benzene rings is 2. The standard InChI is InChI=1S/C26H30FN3O3/c1-29(22-5-3-2-4-6-22)26(31)32-17-20-8-7-19(20)16-30-13-11-18(12-14-30)25-23-10-9-21(27)15-24(23)33-28-25/h2-6,9-10,15,18-20H,7-8,11-14,16-17H2,1H3. The van der Waals surface area contributed by atoms with E-state index >= 15 is 0 Å². The first-order valence-electron chi connectivity index (χ1n) is 11.8. The Kier molecular flexibility index (Phi) is 6.31. The molecule has 0 N–H and O–H groups in total. The normalized spacial score (nSPS) is 21.6. The number of carbonyl (C=O) groups is 1. The molecule has 174 valence electrons. The van der Waals surface area contributed by atoms with Crippen LogP contribution in [0.5, 0.6) is 0 Å². The highest BCUT2D eigenvalue weighted by Gasteiger charge is 2.35. The third-order valence-corrected chi connectivity index (χ3v) is 7.34. The minimum Gasteiger partial charge on any atom is -0.449 e. The molecule has 2 fully saturated rings. The van der Waals surface area contributed by atoms with E-state index < -0.39 is 0 Å². The van der Waals surface area contributed by atoms with E-state index in [-0.39, 0.29) is 11.9 Å². The summed E-state index contributed by atoms with van der Waals surface area (Å²) in [6, 6.07) is 14.2. The molecule has 5 rings (SSSR count). The first kappa shape index (κ1) is 21.9. The Morgan fingerprint density at radius 3 is 2.61 bits per heavy atom. The highest BCUT2D eigenvalue weighted by Crippen LogP contribution is 2.37. The summed E-state index contributed by atoms with van der Waals surface area (Å²) in [7, 11) is 1.74. The van der Waals surface area contributed by atoms with Crippen LogP contribution in [0.15, 0.2) is 53.1 Å². The van der Waals surface area contributed by atoms with Gasteiger partial charge in [0, 0.05) is 36.7 Å². The van der Waals surface area contributed by atoms with Crippen LogP contribution in [0.25, 0.3) is 11.0 Å². The number of ether oxygens (including phenoxy) is 1. The fourth-order valence-electron chi connectivity index (χ4n) is 5.08. The van der Waals surface area contributed by atoms with Crippen LogP contribution in [-0.4, -0.2) is 49.4 Å². The minimum atomic E-state index is -0.299. The zero-order chi connectivity index (χ0) is 22.8. The highest BCUT2D eigenvalue weighted by molar-refractivity contribution is 5.86. The molecule has 33 heavy (non-hydrogen) atoms. The third-order valence-electron chi connectivity index (χ3n) is 7.34. The zero-order valence-corrected chi connectivity index (χ0v) is 19.0. The number of hydrogen-bond acceptors (Lipinski definition) is 5. The highest BCUT2D eigenvalue weighted by atomic mass is 19.1. The van der Waals surface area contributed by atoms with Gasteiger partial charge in [-0.25, -0.2) is 9.18 Å². The van der Waals surface area contributed by atoms with Gasteiger partial charge in [-0.05, 0) is 74.9 Å². The lowest BCUT2D eigenvalue weighted by atomic mass is 9.73. The van der Waals surface area contributed by atoms with E-state index in [2.05, 4.69) is 10.1 Å². The van der Waals surface area contributed by atoms with E-state index in [0.29, 0.717) is 29.9 Å². The number of nitrogens with zero attached hydrogens (tertiary/aromatic N) is 3. The van der Waals surface area contributed by atoms with Gasteiger partial charge in [0.1, 0.15) is 5.82 Å². The third kappa shape index (κ3) is 4.74. The summed E-state index contributed by atoms with van der Waals surface area (Å²) in [5.74, 6) is 1.06. The average Bonchev–Trinajstić information content (AvgIpc) is 3.25. The maximum atomic E-state index is 13.4. The van der Waals surface area contributed by atoms with Crippen LogP contribution in [0.1, 0.15) is 37.3 Å². The number of anilines is 1. The quantitative estimate of drug-likeness (QED) is 0.499. The molecule has 2 heterocycles. The lowest BCUT2D eigenvalue weighted by Crippen LogP contribution is -2.43. The summed E-state index contributed by atoms with van der Waals surface area (Å²) in [6.45, 7) is 3.56. The van der Waals surface area contributed by atoms with Crippen molar-refractivity contribution in [2.24, 2.45) is 11.8 Å². The maximum Gasteiger partial charge on any atom is 0.414 e. The number of para-hydroxylation sites is 1. The topological polar surface area (TPSA) is 58.8 Å². The van der Waals surface area contributed by atoms with Crippen molar-refractivity contribution in [2.75, 3.05) is 38.2 Å². The second kappa shape index (κ2) is 9.51. The first-order chi connectivity index (χ1) is 16.1. The first-order valence-corrected chi connectivity index (χ1v) is 11.8. The van der Waals surface area contributed by atoms with Gasteiger partial charge in [-0.1, -0.05) is 23.4 Å². The zero-order valence-electron chi connectivity index (χ0n) is 19.0. The molecule has 2 unspecified atom stereocenters. The average molecular weight is 452 g/mol. The van der Waals surface area contributed by atoms with Gasteiger partial charge in [0.15, 0.2) is 5.58 Å². The molecule has 3 aromatic rings. The molecule has 1 saturated carbocycles. The Morgan fingerprint density at radius 2 is 1.88 bits per heavy atom. The van der Waals surface area contributed by atoms with Gasteiger partial charge < -0.3 is 14.2 Å². The number of likely N-dealkylation sites (tertiary alicyclic amines) is 1. The molecule has 1 aromatic heterocycles. The van der Waals surface area contributed by atoms with Crippen LogP contribution in [-0.2, 0) is 4.74 Å². The second-order valence-corrected chi connectivity index (χ2v) is 9.35. The molecule has 2 aliphatic rings. The van der Waals surface area contributed by atoms with Crippen LogP contribution in [0.2, 0.25) is 0 Å². The summed E-state index contributed by atoms with van der Waals surface area (Å²) in [6.07, 6.45) is 4.05. The van der Waals surface area contributed by atoms with Gasteiger partial charge in [-0.2, -0.15) is 0 Å². The molecule has 0 radical (unpaired) electrons. The molecule has 1 aliphatic carbocycles. The summed E-state index contributed by atoms with van der Waals surface area (Å²) < 4.78 is 24.4.